The minimum absolute atomic E-state index is 0. The van der Waals surface area contributed by atoms with Crippen LogP contribution in [0, 0.1) is 0 Å². The molecule has 0 heterocycles. The molecule has 0 aliphatic heterocycles. The van der Waals surface area contributed by atoms with Crippen molar-refractivity contribution in [2.24, 2.45) is 0 Å². The number of rotatable bonds is 6. The van der Waals surface area contributed by atoms with Gasteiger partial charge in [-0.2, -0.15) is 0 Å². The smallest absolute Gasteiger partial charge is 0.339 e. The van der Waals surface area contributed by atoms with Gasteiger partial charge in [0.05, 0.1) is 6.61 Å². The van der Waals surface area contributed by atoms with Gasteiger partial charge in [-0.05, 0) is 81.1 Å². The normalized spacial score (nSPS) is 9.61. The van der Waals surface area contributed by atoms with Crippen LogP contribution < -0.4 is 0 Å². The molecule has 0 saturated heterocycles. The van der Waals surface area contributed by atoms with Crippen molar-refractivity contribution in [3.63, 3.8) is 0 Å². The molecular weight excluding hydrogens is 624 g/mol. The first-order valence-corrected chi connectivity index (χ1v) is 8.45. The molecule has 0 aromatic carbocycles. The standard InChI is InChI=1S/C8H16O2.C2HI3O2.Ni/c1-3-5-6-7-8(9)10-4-2;3-2(4,5)1(6)7;/h3-7H2,1-2H3;(H,6,7);. The van der Waals surface area contributed by atoms with Crippen LogP contribution in [0.25, 0.3) is 0 Å². The Morgan fingerprint density at radius 2 is 1.61 bits per heavy atom. The predicted molar refractivity (Wildman–Crippen MR) is 93.2 cm³/mol. The van der Waals surface area contributed by atoms with Gasteiger partial charge in [0.25, 0.3) is 0 Å². The van der Waals surface area contributed by atoms with Gasteiger partial charge in [-0.15, -0.1) is 0 Å². The number of carboxylic acid groups (broad SMARTS) is 1. The fourth-order valence-corrected chi connectivity index (χ4v) is 0.752. The molecule has 0 aromatic heterocycles. The van der Waals surface area contributed by atoms with Gasteiger partial charge in [0.15, 0.2) is 0 Å². The van der Waals surface area contributed by atoms with E-state index < -0.39 is 5.40 Å². The number of esters is 1. The molecule has 0 unspecified atom stereocenters. The van der Waals surface area contributed by atoms with Crippen molar-refractivity contribution >= 4 is 79.7 Å². The van der Waals surface area contributed by atoms with E-state index in [4.69, 9.17) is 9.84 Å². The summed E-state index contributed by atoms with van der Waals surface area (Å²) in [5.74, 6) is -0.856. The van der Waals surface area contributed by atoms with Crippen LogP contribution in [0.1, 0.15) is 39.5 Å². The van der Waals surface area contributed by atoms with Crippen molar-refractivity contribution in [2.45, 2.75) is 39.0 Å². The summed E-state index contributed by atoms with van der Waals surface area (Å²) in [6.45, 7) is 4.45. The Morgan fingerprint density at radius 1 is 1.17 bits per heavy atom. The van der Waals surface area contributed by atoms with E-state index in [1.807, 2.05) is 74.7 Å². The molecule has 0 aromatic rings. The number of alkyl halides is 3. The van der Waals surface area contributed by atoms with Crippen LogP contribution in [0.5, 0.6) is 0 Å². The fraction of sp³-hybridized carbons (Fsp3) is 0.800. The van der Waals surface area contributed by atoms with E-state index in [2.05, 4.69) is 6.92 Å². The molecular formula is C10H17I3NiO4. The number of carboxylic acids is 1. The van der Waals surface area contributed by atoms with Gasteiger partial charge in [0.1, 0.15) is 0 Å². The summed E-state index contributed by atoms with van der Waals surface area (Å²) in [5.41, 5.74) is 0. The van der Waals surface area contributed by atoms with Crippen LogP contribution in [0.15, 0.2) is 0 Å². The van der Waals surface area contributed by atoms with Crippen LogP contribution >= 0.6 is 67.8 Å². The molecule has 0 radical (unpaired) electrons. The molecule has 1 N–H and O–H groups in total. The number of carbonyl (C=O) groups is 2. The Kier molecular flexibility index (Phi) is 20.6. The molecule has 112 valence electrons. The van der Waals surface area contributed by atoms with Crippen molar-refractivity contribution in [1.82, 2.24) is 0 Å². The molecule has 0 amide bonds. The quantitative estimate of drug-likeness (QED) is 0.156. The second kappa shape index (κ2) is 15.0. The number of carbonyl (C=O) groups excluding carboxylic acids is 1. The second-order valence-corrected chi connectivity index (χ2v) is 14.1. The number of halogens is 3. The molecule has 4 nitrogen and oxygen atoms in total. The summed E-state index contributed by atoms with van der Waals surface area (Å²) >= 11 is 5.52. The molecule has 8 heteroatoms. The minimum atomic E-state index is -0.797. The van der Waals surface area contributed by atoms with Crippen molar-refractivity contribution in [1.29, 1.82) is 0 Å². The first kappa shape index (κ1) is 24.6. The first-order chi connectivity index (χ1) is 7.75. The van der Waals surface area contributed by atoms with Crippen LogP contribution in [0.3, 0.4) is 0 Å². The number of ether oxygens (including phenoxy) is 1. The van der Waals surface area contributed by atoms with E-state index in [1.54, 1.807) is 0 Å². The molecule has 0 atom stereocenters. The third-order valence-electron chi connectivity index (χ3n) is 1.53. The van der Waals surface area contributed by atoms with Gasteiger partial charge in [-0.25, -0.2) is 4.79 Å². The van der Waals surface area contributed by atoms with Crippen molar-refractivity contribution in [2.75, 3.05) is 6.61 Å². The van der Waals surface area contributed by atoms with Gasteiger partial charge in [-0.1, -0.05) is 19.8 Å². The van der Waals surface area contributed by atoms with Gasteiger partial charge in [-0.3, -0.25) is 4.79 Å². The average Bonchev–Trinajstić information content (AvgIpc) is 2.18. The topological polar surface area (TPSA) is 63.6 Å². The molecule has 0 saturated carbocycles. The van der Waals surface area contributed by atoms with Crippen LogP contribution in [-0.2, 0) is 30.8 Å². The van der Waals surface area contributed by atoms with E-state index in [1.165, 1.54) is 0 Å². The molecule has 0 bridgehead atoms. The minimum Gasteiger partial charge on any atom is -0.479 e. The van der Waals surface area contributed by atoms with E-state index in [0.717, 1.165) is 19.3 Å². The zero-order chi connectivity index (χ0) is 13.9. The Balaban J connectivity index is -0.000000251. The molecule has 0 rings (SSSR count). The maximum atomic E-state index is 10.7. The molecule has 0 aliphatic carbocycles. The Hall–Kier alpha value is 1.62. The summed E-state index contributed by atoms with van der Waals surface area (Å²) in [7, 11) is 0. The van der Waals surface area contributed by atoms with Crippen LogP contribution in [0.2, 0.25) is 0 Å². The molecule has 0 spiro atoms. The van der Waals surface area contributed by atoms with Crippen molar-refractivity contribution in [3.8, 4) is 0 Å². The predicted octanol–water partition coefficient (Wildman–Crippen LogP) is 4.16. The summed E-state index contributed by atoms with van der Waals surface area (Å²) in [6.07, 6.45) is 3.83. The Bertz CT molecular complexity index is 232. The largest absolute Gasteiger partial charge is 0.479 e. The van der Waals surface area contributed by atoms with E-state index >= 15 is 0 Å². The fourth-order valence-electron chi connectivity index (χ4n) is 0.752. The first-order valence-electron chi connectivity index (χ1n) is 5.21. The monoisotopic (exact) mass is 640 g/mol. The van der Waals surface area contributed by atoms with Gasteiger partial charge in [0, 0.05) is 22.9 Å². The third-order valence-corrected chi connectivity index (χ3v) is 2.92. The maximum Gasteiger partial charge on any atom is 0.339 e. The second-order valence-electron chi connectivity index (χ2n) is 3.07. The zero-order valence-corrected chi connectivity index (χ0v) is 17.6. The Labute approximate surface area is 159 Å². The SMILES string of the molecule is CCCCCC(=O)OCC.O=C(O)C(I)(I)I.[Ni]. The molecule has 18 heavy (non-hydrogen) atoms. The molecule has 0 fully saturated rings. The van der Waals surface area contributed by atoms with Crippen LogP contribution in [-0.4, -0.2) is 23.1 Å². The van der Waals surface area contributed by atoms with Gasteiger partial charge < -0.3 is 9.84 Å². The summed E-state index contributed by atoms with van der Waals surface area (Å²) in [6, 6.07) is 0. The van der Waals surface area contributed by atoms with E-state index in [0.29, 0.717) is 13.0 Å². The van der Waals surface area contributed by atoms with Crippen molar-refractivity contribution in [3.05, 3.63) is 0 Å². The van der Waals surface area contributed by atoms with Gasteiger partial charge in [0.2, 0.25) is -0.565 Å². The number of aliphatic carboxylic acids is 1. The number of unbranched alkanes of at least 4 members (excludes halogenated alkanes) is 2. The Morgan fingerprint density at radius 3 is 1.89 bits per heavy atom. The van der Waals surface area contributed by atoms with Gasteiger partial charge >= 0.3 is 11.9 Å². The zero-order valence-electron chi connectivity index (χ0n) is 10.2. The maximum absolute atomic E-state index is 10.7. The average molecular weight is 641 g/mol. The third kappa shape index (κ3) is 20.0. The van der Waals surface area contributed by atoms with E-state index in [9.17, 15) is 9.59 Å². The molecule has 0 aliphatic rings. The number of hydrogen-bond donors (Lipinski definition) is 1. The number of hydrogen-bond acceptors (Lipinski definition) is 3. The van der Waals surface area contributed by atoms with Crippen molar-refractivity contribution < 1.29 is 35.9 Å². The van der Waals surface area contributed by atoms with Crippen LogP contribution in [0.4, 0.5) is 0 Å². The summed E-state index contributed by atoms with van der Waals surface area (Å²) in [4.78, 5) is 20.7. The summed E-state index contributed by atoms with van der Waals surface area (Å²) in [5, 5.41) is 8.23. The van der Waals surface area contributed by atoms with E-state index in [-0.39, 0.29) is 22.5 Å². The summed E-state index contributed by atoms with van der Waals surface area (Å²) < 4.78 is 4.08.